The molecule has 3 aromatic rings. The van der Waals surface area contributed by atoms with Gasteiger partial charge in [-0.3, -0.25) is 9.48 Å². The Hall–Kier alpha value is -3.45. The van der Waals surface area contributed by atoms with E-state index in [4.69, 9.17) is 16.3 Å². The van der Waals surface area contributed by atoms with E-state index in [1.807, 2.05) is 36.5 Å². The number of anilines is 1. The zero-order chi connectivity index (χ0) is 20.6. The maximum atomic E-state index is 12.1. The molecule has 29 heavy (non-hydrogen) atoms. The second-order valence-electron chi connectivity index (χ2n) is 6.20. The number of benzene rings is 1. The Morgan fingerprint density at radius 2 is 2.03 bits per heavy atom. The lowest BCUT2D eigenvalue weighted by atomic mass is 10.2. The molecule has 3 rings (SSSR count). The van der Waals surface area contributed by atoms with Crippen molar-refractivity contribution in [1.29, 1.82) is 0 Å². The van der Waals surface area contributed by atoms with Gasteiger partial charge in [-0.05, 0) is 30.7 Å². The van der Waals surface area contributed by atoms with E-state index in [0.29, 0.717) is 12.2 Å². The molecule has 1 N–H and O–H groups in total. The molecular weight excluding hydrogens is 392 g/mol. The Bertz CT molecular complexity index is 1020. The fraction of sp³-hybridized carbons (Fsp3) is 0.143. The standard InChI is InChI=1S/C21H19ClN4O3/c1-15(21(28)25-18-8-5-11-23-20(18)22)29-19(27)10-9-17-12-24-26(14-17)13-16-6-3-2-4-7-16/h2-12,14-15H,13H2,1H3,(H,25,28)/b10-9+/t15-/m0/s1. The van der Waals surface area contributed by atoms with Crippen LogP contribution in [0.15, 0.2) is 67.1 Å². The number of hydrogen-bond acceptors (Lipinski definition) is 5. The number of nitrogens with one attached hydrogen (secondary N) is 1. The molecule has 148 valence electrons. The number of halogens is 1. The van der Waals surface area contributed by atoms with Crippen molar-refractivity contribution in [3.63, 3.8) is 0 Å². The Kier molecular flexibility index (Phi) is 6.76. The Balaban J connectivity index is 1.51. The topological polar surface area (TPSA) is 86.1 Å². The summed E-state index contributed by atoms with van der Waals surface area (Å²) in [6.07, 6.45) is 6.81. The van der Waals surface area contributed by atoms with E-state index in [-0.39, 0.29) is 5.15 Å². The van der Waals surface area contributed by atoms with Crippen LogP contribution in [0.1, 0.15) is 18.1 Å². The van der Waals surface area contributed by atoms with E-state index in [0.717, 1.165) is 11.1 Å². The summed E-state index contributed by atoms with van der Waals surface area (Å²) >= 11 is 5.90. The van der Waals surface area contributed by atoms with Gasteiger partial charge in [0.25, 0.3) is 5.91 Å². The van der Waals surface area contributed by atoms with E-state index >= 15 is 0 Å². The predicted octanol–water partition coefficient (Wildman–Crippen LogP) is 3.56. The molecule has 0 unspecified atom stereocenters. The van der Waals surface area contributed by atoms with Crippen LogP contribution in [-0.2, 0) is 20.9 Å². The maximum Gasteiger partial charge on any atom is 0.331 e. The number of carbonyl (C=O) groups is 2. The first-order valence-corrected chi connectivity index (χ1v) is 9.25. The van der Waals surface area contributed by atoms with E-state index in [9.17, 15) is 9.59 Å². The van der Waals surface area contributed by atoms with Crippen molar-refractivity contribution >= 4 is 35.2 Å². The summed E-state index contributed by atoms with van der Waals surface area (Å²) < 4.78 is 6.89. The number of hydrogen-bond donors (Lipinski definition) is 1. The minimum Gasteiger partial charge on any atom is -0.449 e. The monoisotopic (exact) mass is 410 g/mol. The molecule has 0 spiro atoms. The minimum absolute atomic E-state index is 0.159. The molecule has 2 heterocycles. The van der Waals surface area contributed by atoms with Gasteiger partial charge in [0.05, 0.1) is 18.4 Å². The summed E-state index contributed by atoms with van der Waals surface area (Å²) in [4.78, 5) is 28.0. The largest absolute Gasteiger partial charge is 0.449 e. The van der Waals surface area contributed by atoms with E-state index in [1.165, 1.54) is 19.2 Å². The molecule has 1 amide bonds. The summed E-state index contributed by atoms with van der Waals surface area (Å²) in [5.41, 5.74) is 2.22. The molecule has 0 bridgehead atoms. The predicted molar refractivity (Wildman–Crippen MR) is 110 cm³/mol. The molecule has 8 heteroatoms. The van der Waals surface area contributed by atoms with Crippen LogP contribution in [0.25, 0.3) is 6.08 Å². The summed E-state index contributed by atoms with van der Waals surface area (Å²) in [5, 5.41) is 6.99. The molecule has 0 aliphatic heterocycles. The van der Waals surface area contributed by atoms with Gasteiger partial charge in [0, 0.05) is 24.0 Å². The van der Waals surface area contributed by atoms with Gasteiger partial charge in [0.1, 0.15) is 0 Å². The zero-order valence-corrected chi connectivity index (χ0v) is 16.4. The second kappa shape index (κ2) is 9.66. The maximum absolute atomic E-state index is 12.1. The highest BCUT2D eigenvalue weighted by atomic mass is 35.5. The average Bonchev–Trinajstić information content (AvgIpc) is 3.16. The highest BCUT2D eigenvalue weighted by Crippen LogP contribution is 2.17. The van der Waals surface area contributed by atoms with Crippen molar-refractivity contribution in [2.45, 2.75) is 19.6 Å². The second-order valence-corrected chi connectivity index (χ2v) is 6.56. The first-order valence-electron chi connectivity index (χ1n) is 8.88. The average molecular weight is 411 g/mol. The third-order valence-electron chi connectivity index (χ3n) is 3.93. The molecule has 1 aromatic carbocycles. The molecule has 0 saturated heterocycles. The number of amides is 1. The molecule has 0 saturated carbocycles. The van der Waals surface area contributed by atoms with Gasteiger partial charge in [-0.1, -0.05) is 41.9 Å². The normalized spacial score (nSPS) is 11.9. The van der Waals surface area contributed by atoms with Crippen LogP contribution >= 0.6 is 11.6 Å². The lowest BCUT2D eigenvalue weighted by Gasteiger charge is -2.12. The number of ether oxygens (including phenoxy) is 1. The number of carbonyl (C=O) groups excluding carboxylic acids is 2. The van der Waals surface area contributed by atoms with Crippen LogP contribution in [0, 0.1) is 0 Å². The third-order valence-corrected chi connectivity index (χ3v) is 4.23. The summed E-state index contributed by atoms with van der Waals surface area (Å²) in [5.74, 6) is -1.14. The number of aromatic nitrogens is 3. The van der Waals surface area contributed by atoms with Gasteiger partial charge >= 0.3 is 5.97 Å². The molecule has 0 aliphatic carbocycles. The number of nitrogens with zero attached hydrogens (tertiary/aromatic N) is 3. The van der Waals surface area contributed by atoms with Crippen molar-refractivity contribution in [3.8, 4) is 0 Å². The highest BCUT2D eigenvalue weighted by Gasteiger charge is 2.17. The Morgan fingerprint density at radius 3 is 2.79 bits per heavy atom. The van der Waals surface area contributed by atoms with Crippen molar-refractivity contribution in [2.24, 2.45) is 0 Å². The van der Waals surface area contributed by atoms with Crippen LogP contribution in [0.4, 0.5) is 5.69 Å². The first kappa shape index (κ1) is 20.3. The number of esters is 1. The molecule has 0 fully saturated rings. The summed E-state index contributed by atoms with van der Waals surface area (Å²) in [6, 6.07) is 13.2. The fourth-order valence-electron chi connectivity index (χ4n) is 2.47. The van der Waals surface area contributed by atoms with Gasteiger partial charge in [-0.2, -0.15) is 5.10 Å². The molecule has 0 radical (unpaired) electrons. The molecule has 2 aromatic heterocycles. The highest BCUT2D eigenvalue weighted by molar-refractivity contribution is 6.32. The van der Waals surface area contributed by atoms with Crippen molar-refractivity contribution < 1.29 is 14.3 Å². The molecule has 0 aliphatic rings. The van der Waals surface area contributed by atoms with Crippen molar-refractivity contribution in [2.75, 3.05) is 5.32 Å². The SMILES string of the molecule is C[C@H](OC(=O)/C=C/c1cnn(Cc2ccccc2)c1)C(=O)Nc1cccnc1Cl. The summed E-state index contributed by atoms with van der Waals surface area (Å²) in [6.45, 7) is 2.11. The fourth-order valence-corrected chi connectivity index (χ4v) is 2.63. The van der Waals surface area contributed by atoms with Gasteiger partial charge < -0.3 is 10.1 Å². The minimum atomic E-state index is -0.996. The molecule has 7 nitrogen and oxygen atoms in total. The Morgan fingerprint density at radius 1 is 1.24 bits per heavy atom. The first-order chi connectivity index (χ1) is 14.0. The van der Waals surface area contributed by atoms with Gasteiger partial charge in [0.15, 0.2) is 11.3 Å². The van der Waals surface area contributed by atoms with Gasteiger partial charge in [-0.15, -0.1) is 0 Å². The quantitative estimate of drug-likeness (QED) is 0.365. The lowest BCUT2D eigenvalue weighted by molar-refractivity contribution is -0.148. The van der Waals surface area contributed by atoms with Crippen LogP contribution in [0.5, 0.6) is 0 Å². The third kappa shape index (κ3) is 6.02. The van der Waals surface area contributed by atoms with Gasteiger partial charge in [0.2, 0.25) is 0 Å². The molecule has 1 atom stereocenters. The van der Waals surface area contributed by atoms with Crippen LogP contribution in [0.3, 0.4) is 0 Å². The van der Waals surface area contributed by atoms with Crippen molar-refractivity contribution in [1.82, 2.24) is 14.8 Å². The van der Waals surface area contributed by atoms with E-state index in [1.54, 1.807) is 29.1 Å². The van der Waals surface area contributed by atoms with Crippen LogP contribution in [-0.4, -0.2) is 32.7 Å². The van der Waals surface area contributed by atoms with E-state index in [2.05, 4.69) is 15.4 Å². The van der Waals surface area contributed by atoms with E-state index < -0.39 is 18.0 Å². The van der Waals surface area contributed by atoms with Crippen LogP contribution in [0.2, 0.25) is 5.15 Å². The van der Waals surface area contributed by atoms with Crippen LogP contribution < -0.4 is 5.32 Å². The smallest absolute Gasteiger partial charge is 0.331 e. The number of rotatable bonds is 7. The lowest BCUT2D eigenvalue weighted by Crippen LogP contribution is -2.29. The van der Waals surface area contributed by atoms with Gasteiger partial charge in [-0.25, -0.2) is 9.78 Å². The molecular formula is C21H19ClN4O3. The van der Waals surface area contributed by atoms with Crippen molar-refractivity contribution in [3.05, 3.63) is 83.4 Å². The summed E-state index contributed by atoms with van der Waals surface area (Å²) in [7, 11) is 0. The number of pyridine rings is 1. The zero-order valence-electron chi connectivity index (χ0n) is 15.7. The Labute approximate surface area is 173 Å².